The van der Waals surface area contributed by atoms with Gasteiger partial charge < -0.3 is 15.2 Å². The number of rotatable bonds is 3. The molecule has 2 saturated carbocycles. The molecule has 1 aromatic carbocycles. The zero-order valence-electron chi connectivity index (χ0n) is 17.2. The molecular weight excluding hydrogens is 370 g/mol. The van der Waals surface area contributed by atoms with Crippen LogP contribution in [-0.4, -0.2) is 59.3 Å². The van der Waals surface area contributed by atoms with Crippen LogP contribution in [0.5, 0.6) is 5.75 Å². The lowest BCUT2D eigenvalue weighted by Crippen LogP contribution is -2.70. The van der Waals surface area contributed by atoms with Crippen LogP contribution in [0.2, 0.25) is 0 Å². The predicted octanol–water partition coefficient (Wildman–Crippen LogP) is 1.46. The maximum Gasteiger partial charge on any atom is 0.322 e. The number of benzene rings is 1. The van der Waals surface area contributed by atoms with Crippen molar-refractivity contribution in [3.05, 3.63) is 29.3 Å². The molecule has 2 aliphatic heterocycles. The molecule has 3 amide bonds. The number of nitrogens with one attached hydrogen (secondary N) is 2. The Balaban J connectivity index is 1.69. The van der Waals surface area contributed by atoms with Gasteiger partial charge in [-0.1, -0.05) is 13.0 Å². The molecule has 7 heteroatoms. The molecule has 7 nitrogen and oxygen atoms in total. The van der Waals surface area contributed by atoms with Gasteiger partial charge >= 0.3 is 6.03 Å². The summed E-state index contributed by atoms with van der Waals surface area (Å²) in [6, 6.07) is 5.63. The third-order valence-corrected chi connectivity index (χ3v) is 8.16. The van der Waals surface area contributed by atoms with Crippen molar-refractivity contribution in [2.24, 2.45) is 5.92 Å². The number of imide groups is 1. The van der Waals surface area contributed by atoms with Gasteiger partial charge in [-0.05, 0) is 68.3 Å². The van der Waals surface area contributed by atoms with Gasteiger partial charge in [0.2, 0.25) is 0 Å². The SMILES string of the molecule is CCN1CC2CC3(c4cc(OC)ccc4C)CC4(CCC3(O)C21)NC(=O)NC4=O. The minimum Gasteiger partial charge on any atom is -0.497 e. The highest BCUT2D eigenvalue weighted by molar-refractivity contribution is 6.07. The highest BCUT2D eigenvalue weighted by atomic mass is 16.5. The van der Waals surface area contributed by atoms with E-state index in [9.17, 15) is 14.7 Å². The molecule has 2 heterocycles. The maximum atomic E-state index is 12.8. The number of carbonyl (C=O) groups is 2. The van der Waals surface area contributed by atoms with E-state index < -0.39 is 22.6 Å². The topological polar surface area (TPSA) is 90.9 Å². The number of nitrogens with zero attached hydrogens (tertiary/aromatic N) is 1. The lowest BCUT2D eigenvalue weighted by Gasteiger charge is -2.57. The van der Waals surface area contributed by atoms with Crippen molar-refractivity contribution in [3.63, 3.8) is 0 Å². The summed E-state index contributed by atoms with van der Waals surface area (Å²) in [5.74, 6) is 0.866. The second-order valence-electron chi connectivity index (χ2n) is 9.35. The number of ether oxygens (including phenoxy) is 1. The Kier molecular flexibility index (Phi) is 3.87. The predicted molar refractivity (Wildman–Crippen MR) is 107 cm³/mol. The number of carbonyl (C=O) groups excluding carboxylic acids is 2. The molecule has 4 fully saturated rings. The van der Waals surface area contributed by atoms with E-state index in [1.807, 2.05) is 18.2 Å². The van der Waals surface area contributed by atoms with Crippen molar-refractivity contribution in [1.82, 2.24) is 15.5 Å². The van der Waals surface area contributed by atoms with Crippen molar-refractivity contribution in [3.8, 4) is 5.75 Å². The smallest absolute Gasteiger partial charge is 0.322 e. The fourth-order valence-corrected chi connectivity index (χ4v) is 6.91. The van der Waals surface area contributed by atoms with Gasteiger partial charge in [-0.3, -0.25) is 15.0 Å². The molecule has 0 radical (unpaired) electrons. The summed E-state index contributed by atoms with van der Waals surface area (Å²) >= 11 is 0. The van der Waals surface area contributed by atoms with Crippen LogP contribution in [0.25, 0.3) is 0 Å². The van der Waals surface area contributed by atoms with Crippen molar-refractivity contribution in [2.45, 2.75) is 62.1 Å². The van der Waals surface area contributed by atoms with Crippen LogP contribution in [0.3, 0.4) is 0 Å². The fourth-order valence-electron chi connectivity index (χ4n) is 6.91. The van der Waals surface area contributed by atoms with Crippen LogP contribution >= 0.6 is 0 Å². The normalized spacial score (nSPS) is 40.8. The van der Waals surface area contributed by atoms with Crippen molar-refractivity contribution in [2.75, 3.05) is 20.2 Å². The zero-order chi connectivity index (χ0) is 20.6. The molecule has 2 aliphatic carbocycles. The number of hydrogen-bond donors (Lipinski definition) is 3. The molecule has 0 aromatic heterocycles. The molecule has 29 heavy (non-hydrogen) atoms. The standard InChI is InChI=1S/C22H29N3O4/c1-4-25-11-14-10-20(16-9-15(29-3)6-5-13(16)2)12-21(18(26)23-19(27)24-21)7-8-22(20,28)17(14)25/h5-6,9,14,17,28H,4,7-8,10-12H2,1-3H3,(H2,23,24,26,27). The van der Waals surface area contributed by atoms with E-state index in [1.165, 1.54) is 0 Å². The summed E-state index contributed by atoms with van der Waals surface area (Å²) in [4.78, 5) is 27.2. The van der Waals surface area contributed by atoms with Gasteiger partial charge in [-0.15, -0.1) is 0 Å². The first-order valence-corrected chi connectivity index (χ1v) is 10.5. The molecule has 2 saturated heterocycles. The second kappa shape index (κ2) is 5.95. The Morgan fingerprint density at radius 3 is 2.76 bits per heavy atom. The zero-order valence-corrected chi connectivity index (χ0v) is 17.2. The highest BCUT2D eigenvalue weighted by Crippen LogP contribution is 2.65. The number of fused-ring (bicyclic) bond motifs is 3. The van der Waals surface area contributed by atoms with Gasteiger partial charge in [-0.2, -0.15) is 0 Å². The molecular formula is C22H29N3O4. The van der Waals surface area contributed by atoms with Crippen LogP contribution < -0.4 is 15.4 Å². The summed E-state index contributed by atoms with van der Waals surface area (Å²) in [6.07, 6.45) is 2.15. The Morgan fingerprint density at radius 1 is 1.31 bits per heavy atom. The first kappa shape index (κ1) is 18.9. The first-order valence-electron chi connectivity index (χ1n) is 10.5. The van der Waals surface area contributed by atoms with E-state index >= 15 is 0 Å². The van der Waals surface area contributed by atoms with E-state index in [0.717, 1.165) is 36.4 Å². The summed E-state index contributed by atoms with van der Waals surface area (Å²) < 4.78 is 5.50. The van der Waals surface area contributed by atoms with Crippen molar-refractivity contribution in [1.29, 1.82) is 0 Å². The van der Waals surface area contributed by atoms with E-state index in [4.69, 9.17) is 4.74 Å². The molecule has 4 aliphatic rings. The molecule has 5 rings (SSSR count). The summed E-state index contributed by atoms with van der Waals surface area (Å²) in [7, 11) is 1.64. The van der Waals surface area contributed by atoms with Crippen LogP contribution in [0, 0.1) is 12.8 Å². The Hall–Kier alpha value is -2.12. The van der Waals surface area contributed by atoms with E-state index in [0.29, 0.717) is 25.2 Å². The number of likely N-dealkylation sites (tertiary alicyclic amines) is 1. The average Bonchev–Trinajstić information content (AvgIpc) is 3.04. The third-order valence-electron chi connectivity index (χ3n) is 8.16. The molecule has 3 N–H and O–H groups in total. The van der Waals surface area contributed by atoms with Gasteiger partial charge in [0.1, 0.15) is 11.3 Å². The van der Waals surface area contributed by atoms with Gasteiger partial charge in [0.05, 0.1) is 12.7 Å². The number of aryl methyl sites for hydroxylation is 1. The van der Waals surface area contributed by atoms with E-state index in [1.54, 1.807) is 7.11 Å². The van der Waals surface area contributed by atoms with Crippen LogP contribution in [0.4, 0.5) is 4.79 Å². The minimum atomic E-state index is -0.959. The van der Waals surface area contributed by atoms with Crippen LogP contribution in [0.15, 0.2) is 18.2 Å². The third kappa shape index (κ3) is 2.26. The molecule has 156 valence electrons. The number of urea groups is 1. The number of aliphatic hydroxyl groups is 1. The highest BCUT2D eigenvalue weighted by Gasteiger charge is 2.73. The van der Waals surface area contributed by atoms with Gasteiger partial charge in [0.25, 0.3) is 5.91 Å². The number of hydrogen-bond acceptors (Lipinski definition) is 5. The number of likely N-dealkylation sites (N-methyl/N-ethyl adjacent to an activating group) is 1. The maximum absolute atomic E-state index is 12.8. The molecule has 0 bridgehead atoms. The molecule has 1 spiro atoms. The average molecular weight is 399 g/mol. The summed E-state index contributed by atoms with van der Waals surface area (Å²) in [6.45, 7) is 6.06. The fraction of sp³-hybridized carbons (Fsp3) is 0.636. The van der Waals surface area contributed by atoms with E-state index in [2.05, 4.69) is 29.4 Å². The van der Waals surface area contributed by atoms with Crippen molar-refractivity contribution >= 4 is 11.9 Å². The number of methoxy groups -OCH3 is 1. The Labute approximate surface area is 170 Å². The minimum absolute atomic E-state index is 0.0932. The quantitative estimate of drug-likeness (QED) is 0.670. The molecule has 5 unspecified atom stereocenters. The van der Waals surface area contributed by atoms with Gasteiger partial charge in [-0.25, -0.2) is 4.79 Å². The Morgan fingerprint density at radius 2 is 2.10 bits per heavy atom. The lowest BCUT2D eigenvalue weighted by atomic mass is 9.55. The first-order chi connectivity index (χ1) is 13.8. The van der Waals surface area contributed by atoms with Gasteiger partial charge in [0, 0.05) is 18.0 Å². The van der Waals surface area contributed by atoms with E-state index in [-0.39, 0.29) is 11.9 Å². The largest absolute Gasteiger partial charge is 0.497 e. The van der Waals surface area contributed by atoms with Gasteiger partial charge in [0.15, 0.2) is 0 Å². The number of amides is 3. The van der Waals surface area contributed by atoms with Crippen LogP contribution in [0.1, 0.15) is 43.7 Å². The van der Waals surface area contributed by atoms with Crippen LogP contribution in [-0.2, 0) is 10.2 Å². The van der Waals surface area contributed by atoms with Crippen molar-refractivity contribution < 1.29 is 19.4 Å². The Bertz CT molecular complexity index is 904. The monoisotopic (exact) mass is 399 g/mol. The molecule has 5 atom stereocenters. The summed E-state index contributed by atoms with van der Waals surface area (Å²) in [5.41, 5.74) is -0.396. The summed E-state index contributed by atoms with van der Waals surface area (Å²) in [5, 5.41) is 17.6. The second-order valence-corrected chi connectivity index (χ2v) is 9.35. The lowest BCUT2D eigenvalue weighted by molar-refractivity contribution is -0.147. The molecule has 1 aromatic rings.